The van der Waals surface area contributed by atoms with E-state index in [1.165, 1.54) is 18.3 Å². The van der Waals surface area contributed by atoms with Gasteiger partial charge in [0.15, 0.2) is 6.61 Å². The molecule has 0 saturated heterocycles. The first-order valence-corrected chi connectivity index (χ1v) is 8.84. The van der Waals surface area contributed by atoms with Gasteiger partial charge in [0.25, 0.3) is 5.91 Å². The minimum Gasteiger partial charge on any atom is -0.484 e. The molecular formula is C20H18ClFN4O2. The molecule has 0 spiro atoms. The van der Waals surface area contributed by atoms with Gasteiger partial charge in [-0.05, 0) is 62.4 Å². The Balaban J connectivity index is 1.61. The molecule has 28 heavy (non-hydrogen) atoms. The van der Waals surface area contributed by atoms with Gasteiger partial charge < -0.3 is 4.74 Å². The van der Waals surface area contributed by atoms with Gasteiger partial charge in [-0.15, -0.1) is 0 Å². The first kappa shape index (κ1) is 19.6. The number of carbonyl (C=O) groups is 1. The lowest BCUT2D eigenvalue weighted by molar-refractivity contribution is -0.123. The van der Waals surface area contributed by atoms with Crippen molar-refractivity contribution in [2.24, 2.45) is 5.10 Å². The number of amides is 1. The zero-order valence-electron chi connectivity index (χ0n) is 15.3. The average molecular weight is 401 g/mol. The van der Waals surface area contributed by atoms with E-state index in [0.29, 0.717) is 10.8 Å². The highest BCUT2D eigenvalue weighted by Gasteiger charge is 2.11. The van der Waals surface area contributed by atoms with Crippen LogP contribution in [0.3, 0.4) is 0 Å². The molecule has 1 amide bonds. The van der Waals surface area contributed by atoms with Crippen molar-refractivity contribution >= 4 is 23.7 Å². The number of hydrogen-bond donors (Lipinski definition) is 1. The van der Waals surface area contributed by atoms with Crippen molar-refractivity contribution in [3.63, 3.8) is 0 Å². The molecule has 0 aliphatic carbocycles. The number of carbonyl (C=O) groups excluding carboxylic acids is 1. The van der Waals surface area contributed by atoms with Crippen molar-refractivity contribution in [3.8, 4) is 11.4 Å². The average Bonchev–Trinajstić information content (AvgIpc) is 2.96. The molecule has 0 atom stereocenters. The quantitative estimate of drug-likeness (QED) is 0.505. The largest absolute Gasteiger partial charge is 0.484 e. The second-order valence-corrected chi connectivity index (χ2v) is 6.44. The van der Waals surface area contributed by atoms with Crippen LogP contribution in [0.25, 0.3) is 5.69 Å². The van der Waals surface area contributed by atoms with E-state index in [1.807, 2.05) is 13.8 Å². The van der Waals surface area contributed by atoms with Crippen LogP contribution in [-0.2, 0) is 4.79 Å². The second-order valence-electron chi connectivity index (χ2n) is 6.01. The maximum Gasteiger partial charge on any atom is 0.277 e. The number of hydrogen-bond acceptors (Lipinski definition) is 4. The summed E-state index contributed by atoms with van der Waals surface area (Å²) in [4.78, 5) is 11.9. The molecule has 3 aromatic rings. The van der Waals surface area contributed by atoms with E-state index < -0.39 is 5.91 Å². The normalized spacial score (nSPS) is 11.0. The maximum atomic E-state index is 13.1. The van der Waals surface area contributed by atoms with Crippen LogP contribution >= 0.6 is 11.6 Å². The topological polar surface area (TPSA) is 68.5 Å². The van der Waals surface area contributed by atoms with Crippen molar-refractivity contribution in [2.45, 2.75) is 13.8 Å². The van der Waals surface area contributed by atoms with E-state index in [9.17, 15) is 9.18 Å². The lowest BCUT2D eigenvalue weighted by atomic mass is 10.2. The highest BCUT2D eigenvalue weighted by molar-refractivity contribution is 6.30. The monoisotopic (exact) mass is 400 g/mol. The Kier molecular flexibility index (Phi) is 6.06. The first-order chi connectivity index (χ1) is 13.4. The fourth-order valence-electron chi connectivity index (χ4n) is 2.56. The molecule has 0 aliphatic rings. The number of nitrogens with one attached hydrogen (secondary N) is 1. The van der Waals surface area contributed by atoms with Gasteiger partial charge in [-0.25, -0.2) is 14.5 Å². The minimum atomic E-state index is -0.396. The number of halogens is 2. The molecule has 1 N–H and O–H groups in total. The van der Waals surface area contributed by atoms with Gasteiger partial charge in [-0.3, -0.25) is 4.79 Å². The summed E-state index contributed by atoms with van der Waals surface area (Å²) in [7, 11) is 0. The molecule has 0 radical (unpaired) electrons. The minimum absolute atomic E-state index is 0.175. The van der Waals surface area contributed by atoms with Gasteiger partial charge in [-0.2, -0.15) is 10.2 Å². The number of aromatic nitrogens is 2. The van der Waals surface area contributed by atoms with Gasteiger partial charge in [0.2, 0.25) is 0 Å². The zero-order valence-corrected chi connectivity index (χ0v) is 16.1. The molecule has 3 rings (SSSR count). The van der Waals surface area contributed by atoms with Crippen LogP contribution in [0, 0.1) is 19.7 Å². The molecule has 8 heteroatoms. The Hall–Kier alpha value is -3.19. The fourth-order valence-corrected chi connectivity index (χ4v) is 2.68. The fraction of sp³-hybridized carbons (Fsp3) is 0.150. The van der Waals surface area contributed by atoms with E-state index in [0.717, 1.165) is 22.6 Å². The number of rotatable bonds is 6. The summed E-state index contributed by atoms with van der Waals surface area (Å²) in [5, 5.41) is 9.01. The van der Waals surface area contributed by atoms with Crippen molar-refractivity contribution in [2.75, 3.05) is 6.61 Å². The number of ether oxygens (including phenoxy) is 1. The van der Waals surface area contributed by atoms with Crippen LogP contribution in [-0.4, -0.2) is 28.5 Å². The molecular weight excluding hydrogens is 383 g/mol. The van der Waals surface area contributed by atoms with Gasteiger partial charge in [0.1, 0.15) is 11.6 Å². The molecule has 144 valence electrons. The van der Waals surface area contributed by atoms with Crippen molar-refractivity contribution in [1.29, 1.82) is 0 Å². The van der Waals surface area contributed by atoms with E-state index in [1.54, 1.807) is 41.1 Å². The highest BCUT2D eigenvalue weighted by atomic mass is 35.5. The Labute approximate surface area is 166 Å². The summed E-state index contributed by atoms with van der Waals surface area (Å²) in [6, 6.07) is 12.7. The van der Waals surface area contributed by atoms with E-state index >= 15 is 0 Å². The smallest absolute Gasteiger partial charge is 0.277 e. The molecule has 0 saturated carbocycles. The lowest BCUT2D eigenvalue weighted by Gasteiger charge is -2.05. The Morgan fingerprint density at radius 1 is 1.21 bits per heavy atom. The number of aryl methyl sites for hydroxylation is 1. The SMILES string of the molecule is Cc1nn(-c2ccc(F)cc2)c(C)c1/C=N\NC(=O)COc1ccc(Cl)cc1. The van der Waals surface area contributed by atoms with E-state index in [2.05, 4.69) is 15.6 Å². The molecule has 0 unspecified atom stereocenters. The third-order valence-electron chi connectivity index (χ3n) is 3.98. The van der Waals surface area contributed by atoms with Gasteiger partial charge in [-0.1, -0.05) is 11.6 Å². The summed E-state index contributed by atoms with van der Waals surface area (Å²) < 4.78 is 20.2. The molecule has 1 heterocycles. The lowest BCUT2D eigenvalue weighted by Crippen LogP contribution is -2.24. The van der Waals surface area contributed by atoms with Crippen LogP contribution in [0.15, 0.2) is 53.6 Å². The van der Waals surface area contributed by atoms with Gasteiger partial charge in [0, 0.05) is 10.6 Å². The summed E-state index contributed by atoms with van der Waals surface area (Å²) in [6.45, 7) is 3.53. The Morgan fingerprint density at radius 3 is 2.57 bits per heavy atom. The summed E-state index contributed by atoms with van der Waals surface area (Å²) in [5.41, 5.74) is 5.47. The predicted octanol–water partition coefficient (Wildman–Crippen LogP) is 3.81. The van der Waals surface area contributed by atoms with Crippen LogP contribution in [0.5, 0.6) is 5.75 Å². The van der Waals surface area contributed by atoms with Crippen LogP contribution in [0.4, 0.5) is 4.39 Å². The van der Waals surface area contributed by atoms with Crippen LogP contribution in [0.1, 0.15) is 17.0 Å². The van der Waals surface area contributed by atoms with Crippen LogP contribution < -0.4 is 10.2 Å². The summed E-state index contributed by atoms with van der Waals surface area (Å²) >= 11 is 5.80. The molecule has 0 aliphatic heterocycles. The van der Waals surface area contributed by atoms with Crippen molar-refractivity contribution in [3.05, 3.63) is 76.3 Å². The maximum absolute atomic E-state index is 13.1. The highest BCUT2D eigenvalue weighted by Crippen LogP contribution is 2.17. The summed E-state index contributed by atoms with van der Waals surface area (Å²) in [6.07, 6.45) is 1.53. The number of nitrogens with zero attached hydrogens (tertiary/aromatic N) is 3. The predicted molar refractivity (Wildman–Crippen MR) is 106 cm³/mol. The molecule has 6 nitrogen and oxygen atoms in total. The van der Waals surface area contributed by atoms with Crippen LogP contribution in [0.2, 0.25) is 5.02 Å². The third kappa shape index (κ3) is 4.75. The number of hydrazone groups is 1. The van der Waals surface area contributed by atoms with E-state index in [-0.39, 0.29) is 12.4 Å². The molecule has 0 fully saturated rings. The van der Waals surface area contributed by atoms with Crippen molar-refractivity contribution in [1.82, 2.24) is 15.2 Å². The molecule has 0 bridgehead atoms. The molecule has 2 aromatic carbocycles. The van der Waals surface area contributed by atoms with Crippen molar-refractivity contribution < 1.29 is 13.9 Å². The Morgan fingerprint density at radius 2 is 1.89 bits per heavy atom. The second kappa shape index (κ2) is 8.67. The van der Waals surface area contributed by atoms with E-state index in [4.69, 9.17) is 16.3 Å². The standard InChI is InChI=1S/C20H18ClFN4O2/c1-13-19(14(2)26(25-13)17-7-5-16(22)6-8-17)11-23-24-20(27)12-28-18-9-3-15(21)4-10-18/h3-11H,12H2,1-2H3,(H,24,27)/b23-11-. The number of benzene rings is 2. The molecule has 1 aromatic heterocycles. The third-order valence-corrected chi connectivity index (χ3v) is 4.24. The first-order valence-electron chi connectivity index (χ1n) is 8.46. The van der Waals surface area contributed by atoms with Gasteiger partial charge >= 0.3 is 0 Å². The summed E-state index contributed by atoms with van der Waals surface area (Å²) in [5.74, 6) is -0.168. The zero-order chi connectivity index (χ0) is 20.1. The Bertz CT molecular complexity index is 998. The van der Waals surface area contributed by atoms with Gasteiger partial charge in [0.05, 0.1) is 23.3 Å².